The van der Waals surface area contributed by atoms with Crippen molar-refractivity contribution in [2.75, 3.05) is 18.5 Å². The van der Waals surface area contributed by atoms with Gasteiger partial charge in [-0.15, -0.1) is 0 Å². The number of anilines is 1. The third-order valence-corrected chi connectivity index (χ3v) is 4.28. The van der Waals surface area contributed by atoms with Crippen molar-refractivity contribution in [3.05, 3.63) is 59.4 Å². The van der Waals surface area contributed by atoms with Gasteiger partial charge in [0.25, 0.3) is 0 Å². The number of hydrogen-bond donors (Lipinski definition) is 2. The molecule has 0 spiro atoms. The van der Waals surface area contributed by atoms with Crippen LogP contribution >= 0.6 is 0 Å². The van der Waals surface area contributed by atoms with E-state index in [0.717, 1.165) is 25.0 Å². The van der Waals surface area contributed by atoms with E-state index in [1.807, 2.05) is 19.1 Å². The quantitative estimate of drug-likeness (QED) is 0.713. The zero-order valence-electron chi connectivity index (χ0n) is 15.6. The Kier molecular flexibility index (Phi) is 6.39. The minimum atomic E-state index is -1.09. The van der Waals surface area contributed by atoms with Gasteiger partial charge in [0.15, 0.2) is 0 Å². The van der Waals surface area contributed by atoms with Gasteiger partial charge in [0, 0.05) is 18.9 Å². The standard InChI is InChI=1S/C21H22N2O5/c1-14-4-7-17(19(11-14)28-13-16-3-2-10-27-16)23-20(24)9-6-15-5-8-18(21(25)26)22-12-15/h4-9,11-12,16H,2-3,10,13H2,1H3,(H,23,24)(H,25,26)/b9-6+. The van der Waals surface area contributed by atoms with E-state index < -0.39 is 5.97 Å². The van der Waals surface area contributed by atoms with Crippen LogP contribution in [0.3, 0.4) is 0 Å². The van der Waals surface area contributed by atoms with Gasteiger partial charge in [-0.1, -0.05) is 12.1 Å². The summed E-state index contributed by atoms with van der Waals surface area (Å²) in [5.74, 6) is -0.818. The van der Waals surface area contributed by atoms with Gasteiger partial charge in [-0.2, -0.15) is 0 Å². The van der Waals surface area contributed by atoms with Crippen LogP contribution in [0.25, 0.3) is 6.08 Å². The first-order valence-corrected chi connectivity index (χ1v) is 9.05. The fourth-order valence-electron chi connectivity index (χ4n) is 2.79. The van der Waals surface area contributed by atoms with Crippen molar-refractivity contribution in [3.8, 4) is 5.75 Å². The summed E-state index contributed by atoms with van der Waals surface area (Å²) in [6, 6.07) is 8.55. The smallest absolute Gasteiger partial charge is 0.354 e. The summed E-state index contributed by atoms with van der Waals surface area (Å²) in [6.45, 7) is 3.17. The van der Waals surface area contributed by atoms with Crippen LogP contribution in [-0.2, 0) is 9.53 Å². The molecule has 0 saturated carbocycles. The molecule has 7 heteroatoms. The molecule has 2 heterocycles. The van der Waals surface area contributed by atoms with E-state index in [-0.39, 0.29) is 17.7 Å². The third kappa shape index (κ3) is 5.40. The molecule has 1 saturated heterocycles. The summed E-state index contributed by atoms with van der Waals surface area (Å²) in [5.41, 5.74) is 2.19. The van der Waals surface area contributed by atoms with Crippen molar-refractivity contribution in [1.29, 1.82) is 0 Å². The molecule has 1 aromatic heterocycles. The number of pyridine rings is 1. The van der Waals surface area contributed by atoms with E-state index >= 15 is 0 Å². The van der Waals surface area contributed by atoms with Gasteiger partial charge in [0.2, 0.25) is 5.91 Å². The maximum absolute atomic E-state index is 12.3. The number of aromatic nitrogens is 1. The van der Waals surface area contributed by atoms with E-state index in [2.05, 4.69) is 10.3 Å². The first-order valence-electron chi connectivity index (χ1n) is 9.05. The van der Waals surface area contributed by atoms with Crippen LogP contribution < -0.4 is 10.1 Å². The van der Waals surface area contributed by atoms with Gasteiger partial charge in [-0.3, -0.25) is 4.79 Å². The second-order valence-corrected chi connectivity index (χ2v) is 6.55. The van der Waals surface area contributed by atoms with E-state index in [1.54, 1.807) is 18.2 Å². The van der Waals surface area contributed by atoms with Crippen molar-refractivity contribution in [3.63, 3.8) is 0 Å². The molecule has 7 nitrogen and oxygen atoms in total. The molecule has 146 valence electrons. The number of nitrogens with one attached hydrogen (secondary N) is 1. The molecular formula is C21H22N2O5. The molecule has 1 unspecified atom stereocenters. The number of carboxylic acid groups (broad SMARTS) is 1. The molecule has 1 aromatic carbocycles. The van der Waals surface area contributed by atoms with Crippen LogP contribution in [0.1, 0.15) is 34.5 Å². The molecule has 1 aliphatic heterocycles. The maximum Gasteiger partial charge on any atom is 0.354 e. The summed E-state index contributed by atoms with van der Waals surface area (Å²) in [4.78, 5) is 26.9. The molecule has 1 amide bonds. The Labute approximate surface area is 163 Å². The average Bonchev–Trinajstić information content (AvgIpc) is 3.20. The van der Waals surface area contributed by atoms with E-state index in [4.69, 9.17) is 14.6 Å². The summed E-state index contributed by atoms with van der Waals surface area (Å²) in [5, 5.41) is 11.7. The minimum absolute atomic E-state index is 0.0470. The van der Waals surface area contributed by atoms with Crippen molar-refractivity contribution in [1.82, 2.24) is 4.98 Å². The zero-order valence-corrected chi connectivity index (χ0v) is 15.6. The van der Waals surface area contributed by atoms with Crippen LogP contribution in [0, 0.1) is 6.92 Å². The van der Waals surface area contributed by atoms with Gasteiger partial charge in [0.1, 0.15) is 18.1 Å². The Bertz CT molecular complexity index is 871. The molecule has 0 radical (unpaired) electrons. The highest BCUT2D eigenvalue weighted by molar-refractivity contribution is 6.02. The number of benzene rings is 1. The zero-order chi connectivity index (χ0) is 19.9. The Morgan fingerprint density at radius 2 is 2.21 bits per heavy atom. The van der Waals surface area contributed by atoms with Crippen molar-refractivity contribution >= 4 is 23.6 Å². The topological polar surface area (TPSA) is 97.8 Å². The summed E-state index contributed by atoms with van der Waals surface area (Å²) in [7, 11) is 0. The Balaban J connectivity index is 1.63. The second-order valence-electron chi connectivity index (χ2n) is 6.55. The van der Waals surface area contributed by atoms with E-state index in [0.29, 0.717) is 23.6 Å². The molecule has 0 aliphatic carbocycles. The number of aromatic carboxylic acids is 1. The highest BCUT2D eigenvalue weighted by Crippen LogP contribution is 2.27. The van der Waals surface area contributed by atoms with Gasteiger partial charge in [-0.05, 0) is 55.2 Å². The normalized spacial score (nSPS) is 16.2. The number of nitrogens with zero attached hydrogens (tertiary/aromatic N) is 1. The van der Waals surface area contributed by atoms with E-state index in [9.17, 15) is 9.59 Å². The summed E-state index contributed by atoms with van der Waals surface area (Å²) in [6.07, 6.45) is 6.43. The summed E-state index contributed by atoms with van der Waals surface area (Å²) < 4.78 is 11.4. The largest absolute Gasteiger partial charge is 0.489 e. The fraction of sp³-hybridized carbons (Fsp3) is 0.286. The number of carboxylic acids is 1. The van der Waals surface area contributed by atoms with Gasteiger partial charge < -0.3 is 19.9 Å². The number of hydrogen-bond acceptors (Lipinski definition) is 5. The van der Waals surface area contributed by atoms with Gasteiger partial charge in [0.05, 0.1) is 11.8 Å². The maximum atomic E-state index is 12.3. The fourth-order valence-corrected chi connectivity index (χ4v) is 2.79. The predicted molar refractivity (Wildman–Crippen MR) is 105 cm³/mol. The number of aryl methyl sites for hydroxylation is 1. The first kappa shape index (κ1) is 19.6. The third-order valence-electron chi connectivity index (χ3n) is 4.28. The number of carbonyl (C=O) groups is 2. The highest BCUT2D eigenvalue weighted by Gasteiger charge is 2.17. The average molecular weight is 382 g/mol. The van der Waals surface area contributed by atoms with Crippen molar-refractivity contribution < 1.29 is 24.2 Å². The highest BCUT2D eigenvalue weighted by atomic mass is 16.5. The Morgan fingerprint density at radius 3 is 2.89 bits per heavy atom. The predicted octanol–water partition coefficient (Wildman–Crippen LogP) is 3.30. The molecule has 2 aromatic rings. The Morgan fingerprint density at radius 1 is 1.36 bits per heavy atom. The second kappa shape index (κ2) is 9.14. The minimum Gasteiger partial charge on any atom is -0.489 e. The van der Waals surface area contributed by atoms with Crippen LogP contribution in [0.15, 0.2) is 42.6 Å². The Hall–Kier alpha value is -3.19. The molecule has 1 aliphatic rings. The van der Waals surface area contributed by atoms with Crippen LogP contribution in [0.2, 0.25) is 0 Å². The lowest BCUT2D eigenvalue weighted by molar-refractivity contribution is -0.111. The lowest BCUT2D eigenvalue weighted by atomic mass is 10.2. The van der Waals surface area contributed by atoms with Crippen molar-refractivity contribution in [2.45, 2.75) is 25.9 Å². The van der Waals surface area contributed by atoms with Crippen LogP contribution in [0.4, 0.5) is 5.69 Å². The van der Waals surface area contributed by atoms with Crippen molar-refractivity contribution in [2.24, 2.45) is 0 Å². The lowest BCUT2D eigenvalue weighted by Gasteiger charge is -2.15. The molecule has 2 N–H and O–H groups in total. The molecular weight excluding hydrogens is 360 g/mol. The molecule has 1 fully saturated rings. The van der Waals surface area contributed by atoms with Crippen LogP contribution in [-0.4, -0.2) is 41.3 Å². The first-order chi connectivity index (χ1) is 13.5. The molecule has 1 atom stereocenters. The SMILES string of the molecule is Cc1ccc(NC(=O)/C=C/c2ccc(C(=O)O)nc2)c(OCC2CCCO2)c1. The number of rotatable bonds is 7. The van der Waals surface area contributed by atoms with Crippen LogP contribution in [0.5, 0.6) is 5.75 Å². The van der Waals surface area contributed by atoms with E-state index in [1.165, 1.54) is 18.3 Å². The monoisotopic (exact) mass is 382 g/mol. The van der Waals surface area contributed by atoms with Gasteiger partial charge in [-0.25, -0.2) is 9.78 Å². The molecule has 28 heavy (non-hydrogen) atoms. The number of amides is 1. The summed E-state index contributed by atoms with van der Waals surface area (Å²) >= 11 is 0. The number of ether oxygens (including phenoxy) is 2. The molecule has 3 rings (SSSR count). The molecule has 0 bridgehead atoms. The lowest BCUT2D eigenvalue weighted by Crippen LogP contribution is -2.17. The van der Waals surface area contributed by atoms with Gasteiger partial charge >= 0.3 is 5.97 Å². The number of carbonyl (C=O) groups excluding carboxylic acids is 1.